The lowest BCUT2D eigenvalue weighted by molar-refractivity contribution is -0.119. The van der Waals surface area contributed by atoms with Crippen LogP contribution in [0.25, 0.3) is 0 Å². The Morgan fingerprint density at radius 3 is 2.60 bits per heavy atom. The van der Waals surface area contributed by atoms with Gasteiger partial charge in [-0.05, 0) is 35.9 Å². The largest absolute Gasteiger partial charge is 0.485 e. The van der Waals surface area contributed by atoms with Crippen LogP contribution in [0.4, 0.5) is 0 Å². The first-order chi connectivity index (χ1) is 19.4. The van der Waals surface area contributed by atoms with Gasteiger partial charge in [-0.2, -0.15) is 10.3 Å². The van der Waals surface area contributed by atoms with E-state index in [4.69, 9.17) is 14.2 Å². The van der Waals surface area contributed by atoms with Crippen molar-refractivity contribution in [3.63, 3.8) is 0 Å². The monoisotopic (exact) mass is 536 g/mol. The molecule has 11 nitrogen and oxygen atoms in total. The molecule has 11 heteroatoms. The number of nitriles is 1. The molecule has 0 saturated carbocycles. The number of hydrogen-bond donors (Lipinski definition) is 2. The van der Waals surface area contributed by atoms with Gasteiger partial charge in [-0.15, -0.1) is 0 Å². The van der Waals surface area contributed by atoms with Gasteiger partial charge in [0.15, 0.2) is 17.3 Å². The Labute approximate surface area is 230 Å². The summed E-state index contributed by atoms with van der Waals surface area (Å²) in [5.74, 6) is 0.686. The molecule has 3 aromatic carbocycles. The first-order valence-electron chi connectivity index (χ1n) is 12.2. The van der Waals surface area contributed by atoms with Crippen molar-refractivity contribution in [3.8, 4) is 23.3 Å². The molecule has 0 aromatic heterocycles. The number of nitrogens with one attached hydrogen (secondary N) is 2. The minimum absolute atomic E-state index is 0.00167. The highest BCUT2D eigenvalue weighted by atomic mass is 16.5. The van der Waals surface area contributed by atoms with Crippen molar-refractivity contribution >= 4 is 23.7 Å². The van der Waals surface area contributed by atoms with Gasteiger partial charge in [0.2, 0.25) is 5.91 Å². The van der Waals surface area contributed by atoms with Gasteiger partial charge in [0.05, 0.1) is 11.6 Å². The summed E-state index contributed by atoms with van der Waals surface area (Å²) in [4.78, 5) is 34.7. The summed E-state index contributed by atoms with van der Waals surface area (Å²) < 4.78 is 18.0. The summed E-state index contributed by atoms with van der Waals surface area (Å²) in [6.07, 6.45) is 0. The van der Waals surface area contributed by atoms with Gasteiger partial charge in [0.1, 0.15) is 24.6 Å². The number of carbonyl (C=O) groups is 2. The molecule has 2 heterocycles. The van der Waals surface area contributed by atoms with Crippen LogP contribution in [0.3, 0.4) is 0 Å². The highest BCUT2D eigenvalue weighted by Crippen LogP contribution is 2.30. The van der Waals surface area contributed by atoms with Crippen molar-refractivity contribution < 1.29 is 23.8 Å². The lowest BCUT2D eigenvalue weighted by atomic mass is 10.2. The third-order valence-corrected chi connectivity index (χ3v) is 5.74. The maximum atomic E-state index is 12.4. The predicted octanol–water partition coefficient (Wildman–Crippen LogP) is 2.95. The highest BCUT2D eigenvalue weighted by Gasteiger charge is 2.29. The molecule has 0 spiro atoms. The zero-order valence-electron chi connectivity index (χ0n) is 21.7. The van der Waals surface area contributed by atoms with Crippen molar-refractivity contribution in [3.05, 3.63) is 101 Å². The van der Waals surface area contributed by atoms with Gasteiger partial charge >= 0.3 is 6.02 Å². The minimum atomic E-state index is -0.337. The van der Waals surface area contributed by atoms with E-state index in [0.29, 0.717) is 22.6 Å². The summed E-state index contributed by atoms with van der Waals surface area (Å²) in [7, 11) is 3.31. The Kier molecular flexibility index (Phi) is 7.41. The van der Waals surface area contributed by atoms with Gasteiger partial charge in [-0.1, -0.05) is 36.4 Å². The third kappa shape index (κ3) is 5.92. The minimum Gasteiger partial charge on any atom is -0.485 e. The molecule has 2 aliphatic rings. The van der Waals surface area contributed by atoms with Crippen molar-refractivity contribution in [1.29, 1.82) is 5.26 Å². The molecule has 2 amide bonds. The second kappa shape index (κ2) is 11.4. The number of fused-ring (bicyclic) bond motifs is 1. The fourth-order valence-corrected chi connectivity index (χ4v) is 3.80. The number of hydrogen-bond acceptors (Lipinski definition) is 9. The fraction of sp³-hybridized carbons (Fsp3) is 0.138. The Morgan fingerprint density at radius 1 is 1.00 bits per heavy atom. The first-order valence-corrected chi connectivity index (χ1v) is 12.2. The lowest BCUT2D eigenvalue weighted by Crippen LogP contribution is -2.48. The standard InChI is InChI=1S/C29H24N6O5/c1-35(2)28(37)20-9-6-10-21(14-20)39-27-25-26(31-16-24(36)32-25)33-29(34-27)40-23-13-19(15-30)11-12-22(23)38-17-18-7-4-3-5-8-18/h3-14H,16-17H2,1-2H3,(H,32,36)(H,31,33,34). The second-order valence-corrected chi connectivity index (χ2v) is 8.91. The third-order valence-electron chi connectivity index (χ3n) is 5.74. The molecule has 0 aliphatic carbocycles. The summed E-state index contributed by atoms with van der Waals surface area (Å²) in [6.45, 7) is 0.177. The van der Waals surface area contributed by atoms with E-state index in [9.17, 15) is 14.9 Å². The number of amidine groups is 2. The topological polar surface area (TPSA) is 138 Å². The molecule has 200 valence electrons. The van der Waals surface area contributed by atoms with Crippen molar-refractivity contribution in [2.45, 2.75) is 6.61 Å². The molecule has 3 aromatic rings. The van der Waals surface area contributed by atoms with E-state index >= 15 is 0 Å². The number of carbonyl (C=O) groups excluding carboxylic acids is 2. The number of ether oxygens (including phenoxy) is 3. The molecule has 0 unspecified atom stereocenters. The van der Waals surface area contributed by atoms with E-state index in [1.165, 1.54) is 11.0 Å². The SMILES string of the molecule is CN(C)C(=O)c1cccc(OC2=C3NC(=O)CN=C3NC(Oc3cc(C#N)ccc3OCc3ccccc3)=N2)c1. The van der Waals surface area contributed by atoms with Crippen LogP contribution in [0.2, 0.25) is 0 Å². The van der Waals surface area contributed by atoms with Gasteiger partial charge in [-0.25, -0.2) is 0 Å². The summed E-state index contributed by atoms with van der Waals surface area (Å²) in [6, 6.07) is 23.1. The lowest BCUT2D eigenvalue weighted by Gasteiger charge is -2.25. The van der Waals surface area contributed by atoms with E-state index < -0.39 is 0 Å². The van der Waals surface area contributed by atoms with E-state index in [1.807, 2.05) is 30.3 Å². The van der Waals surface area contributed by atoms with Crippen molar-refractivity contribution in [2.24, 2.45) is 9.98 Å². The predicted molar refractivity (Wildman–Crippen MR) is 146 cm³/mol. The van der Waals surface area contributed by atoms with Crippen molar-refractivity contribution in [1.82, 2.24) is 15.5 Å². The normalized spacial score (nSPS) is 14.0. The van der Waals surface area contributed by atoms with Crippen LogP contribution in [-0.4, -0.2) is 49.2 Å². The zero-order valence-corrected chi connectivity index (χ0v) is 21.7. The highest BCUT2D eigenvalue weighted by molar-refractivity contribution is 6.13. The van der Waals surface area contributed by atoms with Gasteiger partial charge in [-0.3, -0.25) is 19.9 Å². The summed E-state index contributed by atoms with van der Waals surface area (Å²) in [5, 5.41) is 15.1. The number of nitrogens with zero attached hydrogens (tertiary/aromatic N) is 4. The quantitative estimate of drug-likeness (QED) is 0.474. The molecule has 5 rings (SSSR count). The number of benzene rings is 3. The molecule has 0 bridgehead atoms. The Balaban J connectivity index is 1.46. The van der Waals surface area contributed by atoms with Crippen LogP contribution in [-0.2, 0) is 11.4 Å². The van der Waals surface area contributed by atoms with Crippen LogP contribution in [0.5, 0.6) is 17.2 Å². The van der Waals surface area contributed by atoms with Gasteiger partial charge < -0.3 is 24.4 Å². The van der Waals surface area contributed by atoms with Crippen LogP contribution in [0.15, 0.2) is 94.4 Å². The Morgan fingerprint density at radius 2 is 1.82 bits per heavy atom. The Bertz CT molecular complexity index is 1600. The molecule has 0 radical (unpaired) electrons. The van der Waals surface area contributed by atoms with Crippen LogP contribution in [0.1, 0.15) is 21.5 Å². The maximum absolute atomic E-state index is 12.4. The number of amides is 2. The van der Waals surface area contributed by atoms with Gasteiger partial charge in [0, 0.05) is 25.7 Å². The van der Waals surface area contributed by atoms with E-state index in [0.717, 1.165) is 5.56 Å². The van der Waals surface area contributed by atoms with Crippen LogP contribution in [0, 0.1) is 11.3 Å². The Hall–Kier alpha value is -5.63. The van der Waals surface area contributed by atoms with E-state index in [2.05, 4.69) is 26.7 Å². The summed E-state index contributed by atoms with van der Waals surface area (Å²) >= 11 is 0. The molecule has 0 fully saturated rings. The van der Waals surface area contributed by atoms with Gasteiger partial charge in [0.25, 0.3) is 11.8 Å². The maximum Gasteiger partial charge on any atom is 0.304 e. The van der Waals surface area contributed by atoms with Crippen LogP contribution < -0.4 is 24.8 Å². The molecular weight excluding hydrogens is 512 g/mol. The number of aliphatic imine (C=N–C) groups is 2. The smallest absolute Gasteiger partial charge is 0.304 e. The molecule has 0 saturated heterocycles. The zero-order chi connectivity index (χ0) is 28.1. The fourth-order valence-electron chi connectivity index (χ4n) is 3.80. The first kappa shape index (κ1) is 26.0. The van der Waals surface area contributed by atoms with Crippen molar-refractivity contribution in [2.75, 3.05) is 20.6 Å². The molecule has 40 heavy (non-hydrogen) atoms. The average Bonchev–Trinajstić information content (AvgIpc) is 2.97. The molecule has 2 aliphatic heterocycles. The molecular formula is C29H24N6O5. The molecule has 0 atom stereocenters. The summed E-state index contributed by atoms with van der Waals surface area (Å²) in [5.41, 5.74) is 1.95. The molecule has 2 N–H and O–H groups in total. The number of rotatable bonds is 7. The second-order valence-electron chi connectivity index (χ2n) is 8.91. The van der Waals surface area contributed by atoms with Crippen LogP contribution >= 0.6 is 0 Å². The average molecular weight is 537 g/mol. The van der Waals surface area contributed by atoms with E-state index in [-0.39, 0.29) is 54.2 Å². The van der Waals surface area contributed by atoms with E-state index in [1.54, 1.807) is 50.5 Å².